The summed E-state index contributed by atoms with van der Waals surface area (Å²) < 4.78 is 2.78. The molecule has 1 aromatic heterocycles. The summed E-state index contributed by atoms with van der Waals surface area (Å²) in [4.78, 5) is 0. The highest BCUT2D eigenvalue weighted by Crippen LogP contribution is 2.51. The van der Waals surface area contributed by atoms with E-state index >= 15 is 0 Å². The molecule has 1 aliphatic carbocycles. The molecule has 0 radical (unpaired) electrons. The Hall–Kier alpha value is -3.68. The standard InChI is InChI=1S/C29H24S.C7H8/c1-17-15-26-24(20-9-5-7-11-25(20)29(26,3)4)16-23(17)19-13-14-22-21-10-6-8-12-27(21)30-28(22)18(19)2;1-7-5-3-2-4-6-7/h5-16H,1-4H3;2-6H,1H3. The van der Waals surface area contributed by atoms with Crippen LogP contribution in [0.2, 0.25) is 0 Å². The van der Waals surface area contributed by atoms with Gasteiger partial charge in [0.05, 0.1) is 0 Å². The summed E-state index contributed by atoms with van der Waals surface area (Å²) in [6.45, 7) is 11.3. The van der Waals surface area contributed by atoms with Crippen LogP contribution in [0.1, 0.15) is 41.7 Å². The van der Waals surface area contributed by atoms with E-state index in [-0.39, 0.29) is 5.41 Å². The van der Waals surface area contributed by atoms with Crippen LogP contribution in [0.15, 0.2) is 103 Å². The topological polar surface area (TPSA) is 0 Å². The predicted octanol–water partition coefficient (Wildman–Crippen LogP) is 10.6. The summed E-state index contributed by atoms with van der Waals surface area (Å²) in [6, 6.07) is 37.4. The highest BCUT2D eigenvalue weighted by molar-refractivity contribution is 7.26. The highest BCUT2D eigenvalue weighted by Gasteiger charge is 2.35. The zero-order valence-corrected chi connectivity index (χ0v) is 23.0. The molecule has 6 aromatic rings. The second kappa shape index (κ2) is 9.01. The maximum absolute atomic E-state index is 2.44. The number of hydrogen-bond acceptors (Lipinski definition) is 1. The third-order valence-electron chi connectivity index (χ3n) is 7.95. The fourth-order valence-electron chi connectivity index (χ4n) is 5.90. The van der Waals surface area contributed by atoms with Crippen LogP contribution in [0.25, 0.3) is 42.4 Å². The average Bonchev–Trinajstić information content (AvgIpc) is 3.39. The fraction of sp³-hybridized carbons (Fsp3) is 0.167. The Morgan fingerprint density at radius 2 is 1.24 bits per heavy atom. The lowest BCUT2D eigenvalue weighted by atomic mass is 9.81. The van der Waals surface area contributed by atoms with Crippen LogP contribution in [-0.2, 0) is 5.41 Å². The zero-order valence-electron chi connectivity index (χ0n) is 22.2. The maximum Gasteiger partial charge on any atom is 0.0390 e. The van der Waals surface area contributed by atoms with E-state index in [0.717, 1.165) is 0 Å². The van der Waals surface area contributed by atoms with Gasteiger partial charge < -0.3 is 0 Å². The van der Waals surface area contributed by atoms with Gasteiger partial charge in [-0.05, 0) is 77.4 Å². The molecule has 182 valence electrons. The van der Waals surface area contributed by atoms with E-state index in [9.17, 15) is 0 Å². The molecule has 0 saturated heterocycles. The molecule has 0 saturated carbocycles. The molecule has 0 atom stereocenters. The number of rotatable bonds is 1. The second-order valence-electron chi connectivity index (χ2n) is 10.8. The Labute approximate surface area is 224 Å². The van der Waals surface area contributed by atoms with Crippen molar-refractivity contribution in [2.24, 2.45) is 0 Å². The molecule has 0 fully saturated rings. The first-order valence-corrected chi connectivity index (χ1v) is 13.9. The van der Waals surface area contributed by atoms with Crippen molar-refractivity contribution in [2.75, 3.05) is 0 Å². The summed E-state index contributed by atoms with van der Waals surface area (Å²) in [5.74, 6) is 0. The number of hydrogen-bond donors (Lipinski definition) is 0. The van der Waals surface area contributed by atoms with E-state index in [1.807, 2.05) is 29.5 Å². The molecule has 0 amide bonds. The van der Waals surface area contributed by atoms with E-state index in [0.29, 0.717) is 0 Å². The van der Waals surface area contributed by atoms with Crippen molar-refractivity contribution in [1.29, 1.82) is 0 Å². The molecule has 1 heterocycles. The first-order valence-electron chi connectivity index (χ1n) is 13.0. The van der Waals surface area contributed by atoms with Crippen molar-refractivity contribution in [3.8, 4) is 22.3 Å². The number of aryl methyl sites for hydroxylation is 3. The Morgan fingerprint density at radius 3 is 2.00 bits per heavy atom. The van der Waals surface area contributed by atoms with Crippen LogP contribution in [0.3, 0.4) is 0 Å². The molecule has 1 aliphatic rings. The predicted molar refractivity (Wildman–Crippen MR) is 163 cm³/mol. The van der Waals surface area contributed by atoms with E-state index in [1.165, 1.54) is 70.2 Å². The summed E-state index contributed by atoms with van der Waals surface area (Å²) >= 11 is 1.92. The first-order chi connectivity index (χ1) is 17.9. The lowest BCUT2D eigenvalue weighted by Gasteiger charge is -2.22. The minimum atomic E-state index is 0.0553. The fourth-order valence-corrected chi connectivity index (χ4v) is 7.10. The van der Waals surface area contributed by atoms with Crippen molar-refractivity contribution < 1.29 is 0 Å². The zero-order chi connectivity index (χ0) is 25.7. The van der Waals surface area contributed by atoms with Gasteiger partial charge in [-0.25, -0.2) is 0 Å². The average molecular weight is 497 g/mol. The molecule has 0 nitrogen and oxygen atoms in total. The van der Waals surface area contributed by atoms with E-state index in [2.05, 4.69) is 120 Å². The quantitative estimate of drug-likeness (QED) is 0.212. The number of thiophene rings is 1. The molecule has 0 bridgehead atoms. The third-order valence-corrected chi connectivity index (χ3v) is 9.26. The van der Waals surface area contributed by atoms with E-state index in [1.54, 1.807) is 0 Å². The molecule has 5 aromatic carbocycles. The van der Waals surface area contributed by atoms with Crippen molar-refractivity contribution in [2.45, 2.75) is 40.0 Å². The molecule has 37 heavy (non-hydrogen) atoms. The van der Waals surface area contributed by atoms with Crippen LogP contribution in [0, 0.1) is 20.8 Å². The molecule has 0 unspecified atom stereocenters. The van der Waals surface area contributed by atoms with Gasteiger partial charge in [0.2, 0.25) is 0 Å². The van der Waals surface area contributed by atoms with Gasteiger partial charge in [-0.15, -0.1) is 11.3 Å². The van der Waals surface area contributed by atoms with Gasteiger partial charge in [0, 0.05) is 25.6 Å². The molecular weight excluding hydrogens is 464 g/mol. The Balaban J connectivity index is 0.000000314. The van der Waals surface area contributed by atoms with E-state index < -0.39 is 0 Å². The minimum absolute atomic E-state index is 0.0553. The summed E-state index contributed by atoms with van der Waals surface area (Å²) in [7, 11) is 0. The molecule has 0 N–H and O–H groups in total. The Bertz CT molecular complexity index is 1770. The molecular formula is C36H32S. The summed E-state index contributed by atoms with van der Waals surface area (Å²) in [6.07, 6.45) is 0. The second-order valence-corrected chi connectivity index (χ2v) is 11.8. The normalized spacial score (nSPS) is 13.2. The largest absolute Gasteiger partial charge is 0.135 e. The molecule has 0 spiro atoms. The van der Waals surface area contributed by atoms with Crippen molar-refractivity contribution >= 4 is 31.5 Å². The first kappa shape index (κ1) is 23.7. The van der Waals surface area contributed by atoms with Gasteiger partial charge in [-0.1, -0.05) is 110 Å². The smallest absolute Gasteiger partial charge is 0.0390 e. The van der Waals surface area contributed by atoms with Gasteiger partial charge in [-0.3, -0.25) is 0 Å². The number of benzene rings is 5. The van der Waals surface area contributed by atoms with Gasteiger partial charge in [0.1, 0.15) is 0 Å². The Kier molecular flexibility index (Phi) is 5.77. The van der Waals surface area contributed by atoms with Gasteiger partial charge in [0.15, 0.2) is 0 Å². The lowest BCUT2D eigenvalue weighted by Crippen LogP contribution is -2.15. The van der Waals surface area contributed by atoms with Crippen LogP contribution >= 0.6 is 11.3 Å². The summed E-state index contributed by atoms with van der Waals surface area (Å²) in [5, 5.41) is 2.75. The molecule has 1 heteroatoms. The highest BCUT2D eigenvalue weighted by atomic mass is 32.1. The maximum atomic E-state index is 2.44. The Morgan fingerprint density at radius 1 is 0.541 bits per heavy atom. The van der Waals surface area contributed by atoms with Crippen LogP contribution in [0.4, 0.5) is 0 Å². The SMILES string of the molecule is Cc1cc2c(cc1-c1ccc3c(sc4ccccc43)c1C)-c1ccccc1C2(C)C.Cc1ccccc1. The minimum Gasteiger partial charge on any atom is -0.135 e. The van der Waals surface area contributed by atoms with Gasteiger partial charge >= 0.3 is 0 Å². The van der Waals surface area contributed by atoms with Crippen molar-refractivity contribution in [3.63, 3.8) is 0 Å². The molecule has 0 aliphatic heterocycles. The van der Waals surface area contributed by atoms with Crippen LogP contribution in [-0.4, -0.2) is 0 Å². The van der Waals surface area contributed by atoms with Crippen molar-refractivity contribution in [1.82, 2.24) is 0 Å². The van der Waals surface area contributed by atoms with Gasteiger partial charge in [-0.2, -0.15) is 0 Å². The third kappa shape index (κ3) is 3.90. The van der Waals surface area contributed by atoms with Crippen molar-refractivity contribution in [3.05, 3.63) is 131 Å². The lowest BCUT2D eigenvalue weighted by molar-refractivity contribution is 0.660. The summed E-state index contributed by atoms with van der Waals surface area (Å²) in [5.41, 5.74) is 12.5. The van der Waals surface area contributed by atoms with Crippen LogP contribution < -0.4 is 0 Å². The number of fused-ring (bicyclic) bond motifs is 6. The monoisotopic (exact) mass is 496 g/mol. The van der Waals surface area contributed by atoms with Gasteiger partial charge in [0.25, 0.3) is 0 Å². The van der Waals surface area contributed by atoms with E-state index in [4.69, 9.17) is 0 Å². The molecule has 7 rings (SSSR count). The van der Waals surface area contributed by atoms with Crippen LogP contribution in [0.5, 0.6) is 0 Å².